The molecule has 1 saturated heterocycles. The Labute approximate surface area is 123 Å². The lowest BCUT2D eigenvalue weighted by Gasteiger charge is -2.22. The average molecular weight is 308 g/mol. The van der Waals surface area contributed by atoms with Gasteiger partial charge in [0.2, 0.25) is 0 Å². The van der Waals surface area contributed by atoms with E-state index < -0.39 is 21.4 Å². The Balaban J connectivity index is 1.91. The van der Waals surface area contributed by atoms with Crippen molar-refractivity contribution >= 4 is 21.8 Å². The number of imide groups is 1. The molecule has 6 nitrogen and oxygen atoms in total. The second-order valence-corrected chi connectivity index (χ2v) is 7.84. The van der Waals surface area contributed by atoms with Gasteiger partial charge in [-0.2, -0.15) is 0 Å². The number of hydrogen-bond donors (Lipinski definition) is 1. The van der Waals surface area contributed by atoms with Gasteiger partial charge in [-0.3, -0.25) is 9.69 Å². The number of hydrogen-bond acceptors (Lipinski definition) is 4. The van der Waals surface area contributed by atoms with Crippen LogP contribution >= 0.6 is 0 Å². The first-order valence-corrected chi connectivity index (χ1v) is 8.80. The second-order valence-electron chi connectivity index (χ2n) is 5.58. The van der Waals surface area contributed by atoms with Crippen molar-refractivity contribution in [2.75, 3.05) is 18.6 Å². The molecule has 1 aromatic rings. The molecule has 1 atom stereocenters. The number of benzene rings is 1. The van der Waals surface area contributed by atoms with Crippen molar-refractivity contribution in [1.82, 2.24) is 10.2 Å². The summed E-state index contributed by atoms with van der Waals surface area (Å²) in [5.74, 6) is -0.565. The van der Waals surface area contributed by atoms with Gasteiger partial charge in [-0.25, -0.2) is 13.2 Å². The van der Waals surface area contributed by atoms with E-state index in [1.165, 1.54) is 0 Å². The normalized spacial score (nSPS) is 24.5. The zero-order valence-electron chi connectivity index (χ0n) is 11.6. The maximum atomic E-state index is 12.7. The Hall–Kier alpha value is -1.89. The summed E-state index contributed by atoms with van der Waals surface area (Å²) in [7, 11) is -3.23. The molecule has 3 amide bonds. The Morgan fingerprint density at radius 3 is 2.71 bits per heavy atom. The van der Waals surface area contributed by atoms with Crippen LogP contribution in [0, 0.1) is 0 Å². The van der Waals surface area contributed by atoms with E-state index in [1.807, 2.05) is 24.3 Å². The fourth-order valence-corrected chi connectivity index (χ4v) is 3.56. The molecule has 1 aliphatic carbocycles. The van der Waals surface area contributed by atoms with Crippen molar-refractivity contribution in [2.45, 2.75) is 18.4 Å². The Morgan fingerprint density at radius 1 is 1.29 bits per heavy atom. The second kappa shape index (κ2) is 4.56. The smallest absolute Gasteiger partial charge is 0.319 e. The van der Waals surface area contributed by atoms with E-state index in [0.717, 1.165) is 28.7 Å². The molecule has 112 valence electrons. The molecule has 1 spiro atoms. The number of fused-ring (bicyclic) bond motifs is 2. The Morgan fingerprint density at radius 2 is 2.00 bits per heavy atom. The van der Waals surface area contributed by atoms with Gasteiger partial charge in [-0.15, -0.1) is 0 Å². The number of sulfone groups is 1. The topological polar surface area (TPSA) is 83.6 Å². The summed E-state index contributed by atoms with van der Waals surface area (Å²) in [6.45, 7) is -0.104. The molecular formula is C14H16N2O4S. The number of urea groups is 1. The molecule has 1 aliphatic heterocycles. The van der Waals surface area contributed by atoms with Crippen molar-refractivity contribution in [1.29, 1.82) is 0 Å². The maximum Gasteiger partial charge on any atom is 0.325 e. The lowest BCUT2D eigenvalue weighted by molar-refractivity contribution is -0.131. The minimum absolute atomic E-state index is 0.104. The van der Waals surface area contributed by atoms with Crippen LogP contribution in [0.5, 0.6) is 0 Å². The van der Waals surface area contributed by atoms with Gasteiger partial charge in [0, 0.05) is 12.8 Å². The van der Waals surface area contributed by atoms with Gasteiger partial charge >= 0.3 is 6.03 Å². The first-order valence-electron chi connectivity index (χ1n) is 6.74. The van der Waals surface area contributed by atoms with E-state index in [2.05, 4.69) is 5.32 Å². The van der Waals surface area contributed by atoms with E-state index in [-0.39, 0.29) is 18.2 Å². The zero-order valence-corrected chi connectivity index (χ0v) is 12.4. The highest BCUT2D eigenvalue weighted by Crippen LogP contribution is 2.41. The van der Waals surface area contributed by atoms with Crippen LogP contribution in [-0.4, -0.2) is 43.8 Å². The van der Waals surface area contributed by atoms with Crippen LogP contribution in [0.1, 0.15) is 17.5 Å². The van der Waals surface area contributed by atoms with Gasteiger partial charge < -0.3 is 5.32 Å². The van der Waals surface area contributed by atoms with Crippen LogP contribution < -0.4 is 5.32 Å². The minimum atomic E-state index is -3.23. The van der Waals surface area contributed by atoms with E-state index in [9.17, 15) is 18.0 Å². The summed E-state index contributed by atoms with van der Waals surface area (Å²) < 4.78 is 22.5. The number of carbonyl (C=O) groups excluding carboxylic acids is 2. The van der Waals surface area contributed by atoms with Crippen LogP contribution in [0.2, 0.25) is 0 Å². The number of aryl methyl sites for hydroxylation is 1. The van der Waals surface area contributed by atoms with E-state index >= 15 is 0 Å². The lowest BCUT2D eigenvalue weighted by Crippen LogP contribution is -2.42. The Bertz CT molecular complexity index is 728. The average Bonchev–Trinajstić information content (AvgIpc) is 2.88. The molecule has 1 N–H and O–H groups in total. The number of rotatable bonds is 3. The summed E-state index contributed by atoms with van der Waals surface area (Å²) in [5.41, 5.74) is 0.867. The Kier molecular flexibility index (Phi) is 3.05. The standard InChI is InChI=1S/C14H16N2O4S/c1-21(19,20)9-8-16-12(17)14(15-13(16)18)7-6-10-4-2-3-5-11(10)14/h2-5H,6-9H2,1H3,(H,15,18)/t14-/m0/s1. The van der Waals surface area contributed by atoms with Crippen LogP contribution in [0.15, 0.2) is 24.3 Å². The van der Waals surface area contributed by atoms with Gasteiger partial charge in [-0.05, 0) is 24.0 Å². The van der Waals surface area contributed by atoms with Crippen LogP contribution in [0.3, 0.4) is 0 Å². The third kappa shape index (κ3) is 2.21. The first kappa shape index (κ1) is 14.1. The first-order chi connectivity index (χ1) is 9.83. The zero-order chi connectivity index (χ0) is 15.3. The molecule has 0 radical (unpaired) electrons. The van der Waals surface area contributed by atoms with Crippen LogP contribution in [0.4, 0.5) is 4.79 Å². The summed E-state index contributed by atoms with van der Waals surface area (Å²) in [5, 5.41) is 2.76. The third-order valence-corrected chi connectivity index (χ3v) is 5.03. The monoisotopic (exact) mass is 308 g/mol. The third-order valence-electron chi connectivity index (χ3n) is 4.11. The van der Waals surface area contributed by atoms with Crippen molar-refractivity contribution in [3.8, 4) is 0 Å². The highest BCUT2D eigenvalue weighted by atomic mass is 32.2. The molecular weight excluding hydrogens is 292 g/mol. The van der Waals surface area contributed by atoms with E-state index in [1.54, 1.807) is 0 Å². The molecule has 3 rings (SSSR count). The SMILES string of the molecule is CS(=O)(=O)CCN1C(=O)N[C@]2(CCc3ccccc32)C1=O. The van der Waals surface area contributed by atoms with Crippen molar-refractivity contribution in [2.24, 2.45) is 0 Å². The van der Waals surface area contributed by atoms with Crippen molar-refractivity contribution < 1.29 is 18.0 Å². The molecule has 0 bridgehead atoms. The van der Waals surface area contributed by atoms with Gasteiger partial charge in [0.05, 0.1) is 5.75 Å². The molecule has 7 heteroatoms. The molecule has 0 aromatic heterocycles. The highest BCUT2D eigenvalue weighted by Gasteiger charge is 2.55. The number of amides is 3. The summed E-state index contributed by atoms with van der Waals surface area (Å²) in [6.07, 6.45) is 2.33. The summed E-state index contributed by atoms with van der Waals surface area (Å²) >= 11 is 0. The van der Waals surface area contributed by atoms with Gasteiger partial charge in [-0.1, -0.05) is 24.3 Å². The summed E-state index contributed by atoms with van der Waals surface area (Å²) in [4.78, 5) is 25.8. The molecule has 0 unspecified atom stereocenters. The van der Waals surface area contributed by atoms with E-state index in [4.69, 9.17) is 0 Å². The van der Waals surface area contributed by atoms with Gasteiger partial charge in [0.25, 0.3) is 5.91 Å². The number of nitrogens with zero attached hydrogens (tertiary/aromatic N) is 1. The number of carbonyl (C=O) groups is 2. The van der Waals surface area contributed by atoms with Crippen LogP contribution in [-0.2, 0) is 26.6 Å². The van der Waals surface area contributed by atoms with Gasteiger partial charge in [0.1, 0.15) is 15.4 Å². The van der Waals surface area contributed by atoms with Crippen molar-refractivity contribution in [3.63, 3.8) is 0 Å². The predicted molar refractivity (Wildman–Crippen MR) is 76.4 cm³/mol. The molecule has 21 heavy (non-hydrogen) atoms. The molecule has 1 aromatic carbocycles. The fourth-order valence-electron chi connectivity index (χ4n) is 3.05. The highest BCUT2D eigenvalue weighted by molar-refractivity contribution is 7.90. The molecule has 1 fully saturated rings. The summed E-state index contributed by atoms with van der Waals surface area (Å²) in [6, 6.07) is 7.02. The minimum Gasteiger partial charge on any atom is -0.319 e. The lowest BCUT2D eigenvalue weighted by atomic mass is 9.92. The number of nitrogens with one attached hydrogen (secondary N) is 1. The predicted octanol–water partition coefficient (Wildman–Crippen LogP) is 0.424. The molecule has 1 heterocycles. The van der Waals surface area contributed by atoms with Crippen LogP contribution in [0.25, 0.3) is 0 Å². The van der Waals surface area contributed by atoms with E-state index in [0.29, 0.717) is 6.42 Å². The van der Waals surface area contributed by atoms with Gasteiger partial charge in [0.15, 0.2) is 0 Å². The van der Waals surface area contributed by atoms with Crippen molar-refractivity contribution in [3.05, 3.63) is 35.4 Å². The largest absolute Gasteiger partial charge is 0.325 e. The molecule has 0 saturated carbocycles. The quantitative estimate of drug-likeness (QED) is 0.821. The maximum absolute atomic E-state index is 12.7. The fraction of sp³-hybridized carbons (Fsp3) is 0.429. The molecule has 2 aliphatic rings.